The van der Waals surface area contributed by atoms with E-state index in [1.54, 1.807) is 36.4 Å². The Hall–Kier alpha value is -3.75. The zero-order chi connectivity index (χ0) is 22.9. The average Bonchev–Trinajstić information content (AvgIpc) is 3.23. The Labute approximate surface area is 186 Å². The van der Waals surface area contributed by atoms with Crippen LogP contribution in [0.1, 0.15) is 43.4 Å². The van der Waals surface area contributed by atoms with Gasteiger partial charge in [0.25, 0.3) is 0 Å². The number of nitrogens with zero attached hydrogens (tertiary/aromatic N) is 1. The number of amides is 2. The van der Waals surface area contributed by atoms with Crippen LogP contribution in [0.5, 0.6) is 11.5 Å². The molecule has 9 nitrogen and oxygen atoms in total. The van der Waals surface area contributed by atoms with Gasteiger partial charge in [0.2, 0.25) is 6.79 Å². The van der Waals surface area contributed by atoms with Crippen molar-refractivity contribution in [3.8, 4) is 11.5 Å². The number of fused-ring (bicyclic) bond motifs is 1. The fourth-order valence-electron chi connectivity index (χ4n) is 3.12. The Morgan fingerprint density at radius 2 is 1.84 bits per heavy atom. The van der Waals surface area contributed by atoms with Gasteiger partial charge in [-0.2, -0.15) is 5.10 Å². The van der Waals surface area contributed by atoms with Crippen molar-refractivity contribution in [1.82, 2.24) is 10.7 Å². The van der Waals surface area contributed by atoms with Crippen LogP contribution in [-0.4, -0.2) is 37.7 Å². The van der Waals surface area contributed by atoms with E-state index in [-0.39, 0.29) is 19.2 Å². The van der Waals surface area contributed by atoms with Gasteiger partial charge in [0.1, 0.15) is 0 Å². The molecule has 0 saturated carbocycles. The number of hydrogen-bond acceptors (Lipinski definition) is 7. The maximum Gasteiger partial charge on any atom is 0.335 e. The molecule has 2 aromatic carbocycles. The summed E-state index contributed by atoms with van der Waals surface area (Å²) in [6.45, 7) is 4.75. The number of ether oxygens (including phenoxy) is 3. The van der Waals surface area contributed by atoms with Gasteiger partial charge >= 0.3 is 12.0 Å². The summed E-state index contributed by atoms with van der Waals surface area (Å²) in [6.07, 6.45) is 1.75. The Balaban J connectivity index is 2.01. The fraction of sp³-hybridized carbons (Fsp3) is 0.348. The molecule has 0 aromatic heterocycles. The fourth-order valence-corrected chi connectivity index (χ4v) is 3.12. The van der Waals surface area contributed by atoms with E-state index in [9.17, 15) is 9.59 Å². The summed E-state index contributed by atoms with van der Waals surface area (Å²) in [5.74, 6) is 0.717. The lowest BCUT2D eigenvalue weighted by Gasteiger charge is -2.14. The number of anilines is 1. The van der Waals surface area contributed by atoms with Crippen molar-refractivity contribution in [1.29, 1.82) is 0 Å². The minimum Gasteiger partial charge on any atom is -0.465 e. The van der Waals surface area contributed by atoms with E-state index in [2.05, 4.69) is 15.8 Å². The predicted octanol–water partition coefficient (Wildman–Crippen LogP) is 2.95. The first-order chi connectivity index (χ1) is 15.5. The topological polar surface area (TPSA) is 124 Å². The smallest absolute Gasteiger partial charge is 0.335 e. The van der Waals surface area contributed by atoms with E-state index < -0.39 is 6.03 Å². The molecule has 0 unspecified atom stereocenters. The highest BCUT2D eigenvalue weighted by atomic mass is 16.7. The number of nitrogens with two attached hydrogens (primary N) is 1. The molecule has 0 spiro atoms. The number of unbranched alkanes of at least 4 members (excludes halogenated alkanes) is 1. The molecule has 0 aliphatic carbocycles. The average molecular weight is 441 g/mol. The maximum absolute atomic E-state index is 12.5. The van der Waals surface area contributed by atoms with Crippen LogP contribution in [0.25, 0.3) is 0 Å². The SMILES string of the molecule is CCCCOC(=O)Cc1cc2c(cc1/C(=N\NC(=O)NCC)c1ccc(N)cc1)OCO2. The number of carbonyl (C=O) groups is 2. The normalized spacial score (nSPS) is 12.4. The first-order valence-electron chi connectivity index (χ1n) is 10.6. The van der Waals surface area contributed by atoms with E-state index in [1.807, 2.05) is 13.8 Å². The van der Waals surface area contributed by atoms with Crippen molar-refractivity contribution in [2.45, 2.75) is 33.1 Å². The number of hydrazone groups is 1. The van der Waals surface area contributed by atoms with Crippen LogP contribution in [0.2, 0.25) is 0 Å². The highest BCUT2D eigenvalue weighted by molar-refractivity contribution is 6.14. The van der Waals surface area contributed by atoms with Crippen molar-refractivity contribution in [3.63, 3.8) is 0 Å². The third-order valence-electron chi connectivity index (χ3n) is 4.74. The summed E-state index contributed by atoms with van der Waals surface area (Å²) in [6, 6.07) is 10.1. The van der Waals surface area contributed by atoms with Gasteiger partial charge in [0, 0.05) is 23.4 Å². The van der Waals surface area contributed by atoms with Gasteiger partial charge in [-0.1, -0.05) is 25.5 Å². The minimum atomic E-state index is -0.443. The second kappa shape index (κ2) is 11.0. The van der Waals surface area contributed by atoms with Crippen LogP contribution in [-0.2, 0) is 16.0 Å². The predicted molar refractivity (Wildman–Crippen MR) is 121 cm³/mol. The molecule has 0 saturated heterocycles. The van der Waals surface area contributed by atoms with Crippen LogP contribution in [0.4, 0.5) is 10.5 Å². The summed E-state index contributed by atoms with van der Waals surface area (Å²) in [7, 11) is 0. The zero-order valence-corrected chi connectivity index (χ0v) is 18.3. The van der Waals surface area contributed by atoms with Crippen molar-refractivity contribution in [3.05, 3.63) is 53.1 Å². The molecule has 1 aliphatic heterocycles. The van der Waals surface area contributed by atoms with Gasteiger partial charge in [-0.3, -0.25) is 4.79 Å². The number of nitrogens with one attached hydrogen (secondary N) is 2. The van der Waals surface area contributed by atoms with E-state index in [0.717, 1.165) is 12.8 Å². The molecule has 3 rings (SSSR count). The monoisotopic (exact) mass is 440 g/mol. The van der Waals surface area contributed by atoms with Crippen LogP contribution < -0.4 is 25.9 Å². The molecule has 0 fully saturated rings. The van der Waals surface area contributed by atoms with Crippen molar-refractivity contribution >= 4 is 23.4 Å². The van der Waals surface area contributed by atoms with Gasteiger partial charge in [-0.15, -0.1) is 0 Å². The van der Waals surface area contributed by atoms with Crippen molar-refractivity contribution in [2.75, 3.05) is 25.7 Å². The molecule has 4 N–H and O–H groups in total. The van der Waals surface area contributed by atoms with Gasteiger partial charge < -0.3 is 25.3 Å². The number of hydrogen-bond donors (Lipinski definition) is 3. The number of nitrogen functional groups attached to an aromatic ring is 1. The summed E-state index contributed by atoms with van der Waals surface area (Å²) < 4.78 is 16.4. The summed E-state index contributed by atoms with van der Waals surface area (Å²) in [5.41, 5.74) is 11.3. The minimum absolute atomic E-state index is 0.0187. The summed E-state index contributed by atoms with van der Waals surface area (Å²) >= 11 is 0. The van der Waals surface area contributed by atoms with Gasteiger partial charge in [-0.25, -0.2) is 10.2 Å². The number of benzene rings is 2. The van der Waals surface area contributed by atoms with Crippen LogP contribution in [0, 0.1) is 0 Å². The van der Waals surface area contributed by atoms with E-state index in [4.69, 9.17) is 19.9 Å². The van der Waals surface area contributed by atoms with Crippen molar-refractivity contribution in [2.24, 2.45) is 5.10 Å². The molecule has 0 atom stereocenters. The quantitative estimate of drug-likeness (QED) is 0.181. The number of urea groups is 1. The second-order valence-electron chi connectivity index (χ2n) is 7.17. The molecule has 170 valence electrons. The third-order valence-corrected chi connectivity index (χ3v) is 4.74. The molecule has 2 aromatic rings. The molecule has 1 heterocycles. The van der Waals surface area contributed by atoms with Gasteiger partial charge in [0.15, 0.2) is 11.5 Å². The third kappa shape index (κ3) is 5.90. The van der Waals surface area contributed by atoms with Crippen LogP contribution >= 0.6 is 0 Å². The summed E-state index contributed by atoms with van der Waals surface area (Å²) in [4.78, 5) is 24.5. The molecule has 0 bridgehead atoms. The Morgan fingerprint density at radius 3 is 2.53 bits per heavy atom. The first kappa shape index (κ1) is 22.9. The molecule has 32 heavy (non-hydrogen) atoms. The van der Waals surface area contributed by atoms with Gasteiger partial charge in [-0.05, 0) is 43.2 Å². The number of carbonyl (C=O) groups excluding carboxylic acids is 2. The number of esters is 1. The molecular weight excluding hydrogens is 412 g/mol. The van der Waals surface area contributed by atoms with E-state index >= 15 is 0 Å². The van der Waals surface area contributed by atoms with Crippen LogP contribution in [0.15, 0.2) is 41.5 Å². The van der Waals surface area contributed by atoms with Gasteiger partial charge in [0.05, 0.1) is 18.7 Å². The Kier molecular flexibility index (Phi) is 7.91. The van der Waals surface area contributed by atoms with Crippen molar-refractivity contribution < 1.29 is 23.8 Å². The molecule has 9 heteroatoms. The lowest BCUT2D eigenvalue weighted by Crippen LogP contribution is -2.33. The lowest BCUT2D eigenvalue weighted by atomic mass is 9.95. The number of rotatable bonds is 9. The Morgan fingerprint density at radius 1 is 1.12 bits per heavy atom. The molecule has 1 aliphatic rings. The highest BCUT2D eigenvalue weighted by Gasteiger charge is 2.23. The highest BCUT2D eigenvalue weighted by Crippen LogP contribution is 2.36. The molecule has 0 radical (unpaired) electrons. The maximum atomic E-state index is 12.5. The zero-order valence-electron chi connectivity index (χ0n) is 18.3. The molecule has 2 amide bonds. The first-order valence-corrected chi connectivity index (χ1v) is 10.6. The second-order valence-corrected chi connectivity index (χ2v) is 7.17. The standard InChI is InChI=1S/C23H28N4O5/c1-3-5-10-30-21(28)12-16-11-19-20(32-14-31-19)13-18(16)22(26-27-23(29)25-4-2)15-6-8-17(24)9-7-15/h6-9,11,13H,3-5,10,12,14,24H2,1-2H3,(H2,25,27,29)/b26-22-. The summed E-state index contributed by atoms with van der Waals surface area (Å²) in [5, 5.41) is 6.98. The Bertz CT molecular complexity index is 989. The van der Waals surface area contributed by atoms with Crippen LogP contribution in [0.3, 0.4) is 0 Å². The largest absolute Gasteiger partial charge is 0.465 e. The lowest BCUT2D eigenvalue weighted by molar-refractivity contribution is -0.142. The van der Waals surface area contributed by atoms with E-state index in [1.165, 1.54) is 0 Å². The van der Waals surface area contributed by atoms with E-state index in [0.29, 0.717) is 52.7 Å². The molecular formula is C23H28N4O5.